The fraction of sp³-hybridized carbons (Fsp3) is 0.292. The quantitative estimate of drug-likeness (QED) is 0.643. The van der Waals surface area contributed by atoms with E-state index in [1.54, 1.807) is 24.3 Å². The minimum absolute atomic E-state index is 0.135. The molecule has 5 nitrogen and oxygen atoms in total. The van der Waals surface area contributed by atoms with Gasteiger partial charge < -0.3 is 5.32 Å². The molecule has 1 heterocycles. The van der Waals surface area contributed by atoms with Crippen molar-refractivity contribution in [1.82, 2.24) is 0 Å². The van der Waals surface area contributed by atoms with Crippen LogP contribution in [-0.2, 0) is 9.59 Å². The van der Waals surface area contributed by atoms with E-state index in [9.17, 15) is 14.4 Å². The first-order valence-corrected chi connectivity index (χ1v) is 9.98. The molecule has 0 aromatic heterocycles. The number of carbonyl (C=O) groups excluding carboxylic acids is 3. The summed E-state index contributed by atoms with van der Waals surface area (Å²) in [5.74, 6) is -0.689. The third-order valence-electron chi connectivity index (χ3n) is 6.32. The molecule has 2 bridgehead atoms. The SMILES string of the molecule is Cc1cc(C)cc(NC(=O)c2cccc(N3C(=O)[C@@H]4[C@H](C3=O)[C@@H]3C=C[C@H]4C3)c2)c1. The first-order valence-electron chi connectivity index (χ1n) is 9.98. The van der Waals surface area contributed by atoms with E-state index in [4.69, 9.17) is 0 Å². The molecule has 4 atom stereocenters. The predicted molar refractivity (Wildman–Crippen MR) is 111 cm³/mol. The number of imide groups is 1. The summed E-state index contributed by atoms with van der Waals surface area (Å²) in [5, 5.41) is 2.91. The van der Waals surface area contributed by atoms with Crippen LogP contribution in [0.15, 0.2) is 54.6 Å². The molecule has 0 spiro atoms. The van der Waals surface area contributed by atoms with Gasteiger partial charge >= 0.3 is 0 Å². The van der Waals surface area contributed by atoms with Crippen LogP contribution in [-0.4, -0.2) is 17.7 Å². The molecule has 0 radical (unpaired) electrons. The van der Waals surface area contributed by atoms with E-state index in [0.29, 0.717) is 11.3 Å². The van der Waals surface area contributed by atoms with Gasteiger partial charge in [0.15, 0.2) is 0 Å². The summed E-state index contributed by atoms with van der Waals surface area (Å²) >= 11 is 0. The molecule has 2 aromatic rings. The largest absolute Gasteiger partial charge is 0.322 e. The van der Waals surface area contributed by atoms with E-state index < -0.39 is 0 Å². The number of nitrogens with zero attached hydrogens (tertiary/aromatic N) is 1. The summed E-state index contributed by atoms with van der Waals surface area (Å²) in [7, 11) is 0. The molecular weight excluding hydrogens is 364 g/mol. The minimum Gasteiger partial charge on any atom is -0.322 e. The fourth-order valence-electron chi connectivity index (χ4n) is 5.19. The van der Waals surface area contributed by atoms with Crippen molar-refractivity contribution in [3.05, 3.63) is 71.3 Å². The zero-order valence-electron chi connectivity index (χ0n) is 16.4. The normalized spacial score (nSPS) is 26.9. The Morgan fingerprint density at radius 2 is 1.55 bits per heavy atom. The highest BCUT2D eigenvalue weighted by molar-refractivity contribution is 6.23. The Kier molecular flexibility index (Phi) is 3.95. The van der Waals surface area contributed by atoms with Crippen molar-refractivity contribution >= 4 is 29.1 Å². The maximum atomic E-state index is 13.0. The van der Waals surface area contributed by atoms with Gasteiger partial charge in [-0.3, -0.25) is 14.4 Å². The Morgan fingerprint density at radius 1 is 0.931 bits per heavy atom. The maximum absolute atomic E-state index is 13.0. The van der Waals surface area contributed by atoms with Crippen molar-refractivity contribution in [3.8, 4) is 0 Å². The van der Waals surface area contributed by atoms with Gasteiger partial charge in [-0.15, -0.1) is 0 Å². The number of fused-ring (bicyclic) bond motifs is 5. The Balaban J connectivity index is 1.41. The van der Waals surface area contributed by atoms with Gasteiger partial charge in [-0.25, -0.2) is 4.90 Å². The standard InChI is InChI=1S/C24H22N2O3/c1-13-8-14(2)10-18(9-13)25-22(27)17-4-3-5-19(12-17)26-23(28)20-15-6-7-16(11-15)21(20)24(26)29/h3-10,12,15-16,20-21H,11H2,1-2H3,(H,25,27)/t15-,16+,20-,21+. The third kappa shape index (κ3) is 2.80. The van der Waals surface area contributed by atoms with Crippen LogP contribution in [0.5, 0.6) is 0 Å². The second kappa shape index (κ2) is 6.41. The molecule has 5 heteroatoms. The summed E-state index contributed by atoms with van der Waals surface area (Å²) in [4.78, 5) is 40.1. The second-order valence-corrected chi connectivity index (χ2v) is 8.39. The van der Waals surface area contributed by atoms with Crippen molar-refractivity contribution in [2.45, 2.75) is 20.3 Å². The van der Waals surface area contributed by atoms with E-state index >= 15 is 0 Å². The molecule has 2 aromatic carbocycles. The lowest BCUT2D eigenvalue weighted by Crippen LogP contribution is -2.33. The molecule has 0 unspecified atom stereocenters. The monoisotopic (exact) mass is 386 g/mol. The minimum atomic E-state index is -0.266. The number of hydrogen-bond donors (Lipinski definition) is 1. The highest BCUT2D eigenvalue weighted by Gasteiger charge is 2.59. The first-order chi connectivity index (χ1) is 13.9. The van der Waals surface area contributed by atoms with Crippen molar-refractivity contribution < 1.29 is 14.4 Å². The van der Waals surface area contributed by atoms with Gasteiger partial charge in [0.2, 0.25) is 11.8 Å². The summed E-state index contributed by atoms with van der Waals surface area (Å²) in [6.45, 7) is 3.96. The molecule has 5 rings (SSSR count). The van der Waals surface area contributed by atoms with Crippen molar-refractivity contribution in [1.29, 1.82) is 0 Å². The van der Waals surface area contributed by atoms with Crippen molar-refractivity contribution in [3.63, 3.8) is 0 Å². The van der Waals surface area contributed by atoms with Crippen LogP contribution in [0.25, 0.3) is 0 Å². The molecule has 1 N–H and O–H groups in total. The lowest BCUT2D eigenvalue weighted by atomic mass is 9.85. The number of benzene rings is 2. The topological polar surface area (TPSA) is 66.5 Å². The van der Waals surface area contributed by atoms with Crippen LogP contribution in [0.2, 0.25) is 0 Å². The number of carbonyl (C=O) groups is 3. The zero-order chi connectivity index (χ0) is 20.3. The van der Waals surface area contributed by atoms with Crippen LogP contribution in [0, 0.1) is 37.5 Å². The van der Waals surface area contributed by atoms with Gasteiger partial charge in [0.05, 0.1) is 17.5 Å². The van der Waals surface area contributed by atoms with Gasteiger partial charge in [-0.1, -0.05) is 24.3 Å². The third-order valence-corrected chi connectivity index (χ3v) is 6.32. The maximum Gasteiger partial charge on any atom is 0.255 e. The van der Waals surface area contributed by atoms with Gasteiger partial charge in [0, 0.05) is 11.3 Å². The molecule has 146 valence electrons. The molecule has 3 amide bonds. The van der Waals surface area contributed by atoms with Crippen molar-refractivity contribution in [2.24, 2.45) is 23.7 Å². The summed E-state index contributed by atoms with van der Waals surface area (Å²) < 4.78 is 0. The Morgan fingerprint density at radius 3 is 2.17 bits per heavy atom. The Hall–Kier alpha value is -3.21. The van der Waals surface area contributed by atoms with Gasteiger partial charge in [-0.2, -0.15) is 0 Å². The van der Waals surface area contributed by atoms with Crippen LogP contribution >= 0.6 is 0 Å². The van der Waals surface area contributed by atoms with Crippen LogP contribution in [0.1, 0.15) is 27.9 Å². The number of amides is 3. The number of nitrogens with one attached hydrogen (secondary N) is 1. The molecule has 2 aliphatic carbocycles. The molecular formula is C24H22N2O3. The van der Waals surface area contributed by atoms with E-state index in [1.165, 1.54) is 4.90 Å². The Bertz CT molecular complexity index is 1040. The van der Waals surface area contributed by atoms with Crippen LogP contribution in [0.4, 0.5) is 11.4 Å². The van der Waals surface area contributed by atoms with Gasteiger partial charge in [0.25, 0.3) is 5.91 Å². The number of aryl methyl sites for hydroxylation is 2. The lowest BCUT2D eigenvalue weighted by molar-refractivity contribution is -0.123. The number of allylic oxidation sites excluding steroid dienone is 2. The Labute approximate surface area is 169 Å². The van der Waals surface area contributed by atoms with E-state index in [2.05, 4.69) is 17.5 Å². The van der Waals surface area contributed by atoms with E-state index in [0.717, 1.165) is 23.2 Å². The summed E-state index contributed by atoms with van der Waals surface area (Å²) in [6.07, 6.45) is 5.06. The highest BCUT2D eigenvalue weighted by Crippen LogP contribution is 2.53. The van der Waals surface area contributed by atoms with E-state index in [-0.39, 0.29) is 41.4 Å². The number of hydrogen-bond acceptors (Lipinski definition) is 3. The molecule has 1 saturated carbocycles. The second-order valence-electron chi connectivity index (χ2n) is 8.39. The van der Waals surface area contributed by atoms with E-state index in [1.807, 2.05) is 32.0 Å². The zero-order valence-corrected chi connectivity index (χ0v) is 16.4. The predicted octanol–water partition coefficient (Wildman–Crippen LogP) is 3.87. The smallest absolute Gasteiger partial charge is 0.255 e. The molecule has 1 saturated heterocycles. The fourth-order valence-corrected chi connectivity index (χ4v) is 5.19. The van der Waals surface area contributed by atoms with Crippen LogP contribution < -0.4 is 10.2 Å². The first kappa shape index (κ1) is 17.9. The van der Waals surface area contributed by atoms with Gasteiger partial charge in [-0.05, 0) is 73.6 Å². The number of rotatable bonds is 3. The molecule has 3 aliphatic rings. The average molecular weight is 386 g/mol. The molecule has 29 heavy (non-hydrogen) atoms. The summed E-state index contributed by atoms with van der Waals surface area (Å²) in [6, 6.07) is 12.6. The lowest BCUT2D eigenvalue weighted by Gasteiger charge is -2.18. The summed E-state index contributed by atoms with van der Waals surface area (Å²) in [5.41, 5.74) is 3.75. The molecule has 2 fully saturated rings. The molecule has 1 aliphatic heterocycles. The average Bonchev–Trinajstić information content (AvgIpc) is 3.35. The van der Waals surface area contributed by atoms with Gasteiger partial charge in [0.1, 0.15) is 0 Å². The highest BCUT2D eigenvalue weighted by atomic mass is 16.2. The van der Waals surface area contributed by atoms with Crippen molar-refractivity contribution in [2.75, 3.05) is 10.2 Å². The number of anilines is 2. The van der Waals surface area contributed by atoms with Crippen LogP contribution in [0.3, 0.4) is 0 Å².